The zero-order valence-electron chi connectivity index (χ0n) is 14.5. The highest BCUT2D eigenvalue weighted by Gasteiger charge is 2.26. The maximum Gasteiger partial charge on any atom is 0.238 e. The number of hydrogen-bond acceptors (Lipinski definition) is 4. The van der Waals surface area contributed by atoms with Gasteiger partial charge in [0.25, 0.3) is 0 Å². The molecule has 2 heterocycles. The number of amides is 1. The Bertz CT molecular complexity index is 766. The average molecular weight is 343 g/mol. The molecule has 1 atom stereocenters. The number of anilines is 1. The van der Waals surface area contributed by atoms with Crippen molar-refractivity contribution in [1.29, 1.82) is 0 Å². The molecule has 2 aromatic rings. The van der Waals surface area contributed by atoms with Crippen molar-refractivity contribution in [2.45, 2.75) is 26.4 Å². The number of nitrogens with zero attached hydrogens (tertiary/aromatic N) is 2. The van der Waals surface area contributed by atoms with Crippen molar-refractivity contribution in [3.63, 3.8) is 0 Å². The summed E-state index contributed by atoms with van der Waals surface area (Å²) in [4.78, 5) is 18.0. The average Bonchev–Trinajstić information content (AvgIpc) is 2.97. The van der Waals surface area contributed by atoms with E-state index < -0.39 is 5.95 Å². The fraction of sp³-hybridized carbons (Fsp3) is 0.368. The maximum absolute atomic E-state index is 13.1. The molecular formula is C19H22FN3O2. The van der Waals surface area contributed by atoms with Crippen LogP contribution >= 0.6 is 0 Å². The minimum absolute atomic E-state index is 0.0433. The van der Waals surface area contributed by atoms with E-state index in [1.165, 1.54) is 6.07 Å². The summed E-state index contributed by atoms with van der Waals surface area (Å²) in [5, 5.41) is 2.97. The van der Waals surface area contributed by atoms with Gasteiger partial charge >= 0.3 is 0 Å². The topological polar surface area (TPSA) is 54.5 Å². The number of nitrogens with one attached hydrogen (secondary N) is 1. The molecule has 1 N–H and O–H groups in total. The smallest absolute Gasteiger partial charge is 0.238 e. The molecule has 5 nitrogen and oxygen atoms in total. The van der Waals surface area contributed by atoms with E-state index >= 15 is 0 Å². The number of aromatic nitrogens is 1. The van der Waals surface area contributed by atoms with Gasteiger partial charge in [-0.05, 0) is 43.5 Å². The lowest BCUT2D eigenvalue weighted by molar-refractivity contribution is -0.117. The highest BCUT2D eigenvalue weighted by molar-refractivity contribution is 5.93. The maximum atomic E-state index is 13.1. The van der Waals surface area contributed by atoms with Crippen LogP contribution < -0.4 is 10.1 Å². The van der Waals surface area contributed by atoms with Gasteiger partial charge in [-0.1, -0.05) is 18.2 Å². The molecule has 3 rings (SSSR count). The van der Waals surface area contributed by atoms with Gasteiger partial charge in [-0.2, -0.15) is 9.37 Å². The molecule has 1 aromatic carbocycles. The van der Waals surface area contributed by atoms with Crippen molar-refractivity contribution < 1.29 is 13.9 Å². The number of halogens is 1. The van der Waals surface area contributed by atoms with Crippen molar-refractivity contribution in [3.05, 3.63) is 53.5 Å². The van der Waals surface area contributed by atoms with Crippen LogP contribution in [0.25, 0.3) is 0 Å². The predicted octanol–water partition coefficient (Wildman–Crippen LogP) is 2.93. The molecule has 1 unspecified atom stereocenters. The van der Waals surface area contributed by atoms with Crippen LogP contribution in [0.5, 0.6) is 5.88 Å². The van der Waals surface area contributed by atoms with Crippen LogP contribution in [-0.4, -0.2) is 41.5 Å². The van der Waals surface area contributed by atoms with Gasteiger partial charge in [0.2, 0.25) is 17.7 Å². The number of benzene rings is 1. The van der Waals surface area contributed by atoms with Crippen LogP contribution in [0.1, 0.15) is 17.5 Å². The fourth-order valence-corrected chi connectivity index (χ4v) is 2.93. The SMILES string of the molecule is Cc1ccc(C)c(NC(=O)CN2CCC(Oc3cccc(F)n3)C2)c1. The highest BCUT2D eigenvalue weighted by Crippen LogP contribution is 2.18. The van der Waals surface area contributed by atoms with E-state index in [0.717, 1.165) is 29.8 Å². The number of carbonyl (C=O) groups is 1. The summed E-state index contributed by atoms with van der Waals surface area (Å²) >= 11 is 0. The summed E-state index contributed by atoms with van der Waals surface area (Å²) in [6, 6.07) is 10.5. The Labute approximate surface area is 146 Å². The molecule has 0 bridgehead atoms. The molecule has 0 radical (unpaired) electrons. The Hall–Kier alpha value is -2.47. The number of rotatable bonds is 5. The van der Waals surface area contributed by atoms with Gasteiger partial charge in [0.05, 0.1) is 6.54 Å². The first kappa shape index (κ1) is 17.4. The van der Waals surface area contributed by atoms with Crippen LogP contribution in [0, 0.1) is 19.8 Å². The highest BCUT2D eigenvalue weighted by atomic mass is 19.1. The van der Waals surface area contributed by atoms with Crippen LogP contribution in [0.2, 0.25) is 0 Å². The van der Waals surface area contributed by atoms with Gasteiger partial charge in [0.1, 0.15) is 6.10 Å². The first-order valence-corrected chi connectivity index (χ1v) is 8.38. The molecule has 6 heteroatoms. The summed E-state index contributed by atoms with van der Waals surface area (Å²) in [5.74, 6) is -0.315. The monoisotopic (exact) mass is 343 g/mol. The summed E-state index contributed by atoms with van der Waals surface area (Å²) in [7, 11) is 0. The predicted molar refractivity (Wildman–Crippen MR) is 94.2 cm³/mol. The third kappa shape index (κ3) is 4.76. The summed E-state index contributed by atoms with van der Waals surface area (Å²) < 4.78 is 18.8. The second kappa shape index (κ2) is 7.61. The zero-order valence-corrected chi connectivity index (χ0v) is 14.5. The molecule has 1 aromatic heterocycles. The molecular weight excluding hydrogens is 321 g/mol. The molecule has 1 saturated heterocycles. The number of likely N-dealkylation sites (tertiary alicyclic amines) is 1. The molecule has 0 aliphatic carbocycles. The van der Waals surface area contributed by atoms with Gasteiger partial charge in [-0.3, -0.25) is 9.69 Å². The number of ether oxygens (including phenoxy) is 1. The lowest BCUT2D eigenvalue weighted by Crippen LogP contribution is -2.33. The van der Waals surface area contributed by atoms with Gasteiger partial charge < -0.3 is 10.1 Å². The number of pyridine rings is 1. The molecule has 0 spiro atoms. The van der Waals surface area contributed by atoms with E-state index in [1.54, 1.807) is 12.1 Å². The van der Waals surface area contributed by atoms with Crippen molar-refractivity contribution in [1.82, 2.24) is 9.88 Å². The van der Waals surface area contributed by atoms with Gasteiger partial charge in [0, 0.05) is 24.8 Å². The van der Waals surface area contributed by atoms with Crippen LogP contribution in [0.4, 0.5) is 10.1 Å². The Morgan fingerprint density at radius 2 is 2.20 bits per heavy atom. The quantitative estimate of drug-likeness (QED) is 0.848. The van der Waals surface area contributed by atoms with E-state index in [9.17, 15) is 9.18 Å². The Kier molecular flexibility index (Phi) is 5.28. The van der Waals surface area contributed by atoms with Gasteiger partial charge in [-0.25, -0.2) is 0 Å². The zero-order chi connectivity index (χ0) is 17.8. The van der Waals surface area contributed by atoms with E-state index in [4.69, 9.17) is 4.74 Å². The molecule has 1 fully saturated rings. The van der Waals surface area contributed by atoms with E-state index in [1.807, 2.05) is 36.9 Å². The van der Waals surface area contributed by atoms with Crippen molar-refractivity contribution in [2.75, 3.05) is 25.0 Å². The lowest BCUT2D eigenvalue weighted by atomic mass is 10.1. The number of aryl methyl sites for hydroxylation is 2. The van der Waals surface area contributed by atoms with E-state index in [-0.39, 0.29) is 17.9 Å². The number of carbonyl (C=O) groups excluding carboxylic acids is 1. The van der Waals surface area contributed by atoms with Crippen molar-refractivity contribution in [2.24, 2.45) is 0 Å². The fourth-order valence-electron chi connectivity index (χ4n) is 2.93. The standard InChI is InChI=1S/C19H22FN3O2/c1-13-6-7-14(2)16(10-13)21-18(24)12-23-9-8-15(11-23)25-19-5-3-4-17(20)22-19/h3-7,10,15H,8-9,11-12H2,1-2H3,(H,21,24). The number of hydrogen-bond donors (Lipinski definition) is 1. The summed E-state index contributed by atoms with van der Waals surface area (Å²) in [5.41, 5.74) is 3.00. The normalized spacial score (nSPS) is 17.5. The molecule has 1 aliphatic heterocycles. The largest absolute Gasteiger partial charge is 0.473 e. The van der Waals surface area contributed by atoms with E-state index in [0.29, 0.717) is 13.1 Å². The van der Waals surface area contributed by atoms with Gasteiger partial charge in [0.15, 0.2) is 0 Å². The Morgan fingerprint density at radius 3 is 3.00 bits per heavy atom. The van der Waals surface area contributed by atoms with E-state index in [2.05, 4.69) is 10.3 Å². The molecule has 1 amide bonds. The summed E-state index contributed by atoms with van der Waals surface area (Å²) in [6.07, 6.45) is 0.706. The third-order valence-electron chi connectivity index (χ3n) is 4.24. The summed E-state index contributed by atoms with van der Waals surface area (Å²) in [6.45, 7) is 5.67. The Balaban J connectivity index is 1.51. The molecule has 25 heavy (non-hydrogen) atoms. The van der Waals surface area contributed by atoms with Crippen LogP contribution in [0.15, 0.2) is 36.4 Å². The second-order valence-corrected chi connectivity index (χ2v) is 6.43. The van der Waals surface area contributed by atoms with Crippen LogP contribution in [0.3, 0.4) is 0 Å². The first-order valence-electron chi connectivity index (χ1n) is 8.38. The first-order chi connectivity index (χ1) is 12.0. The second-order valence-electron chi connectivity index (χ2n) is 6.43. The lowest BCUT2D eigenvalue weighted by Gasteiger charge is -2.17. The molecule has 132 valence electrons. The van der Waals surface area contributed by atoms with Crippen molar-refractivity contribution >= 4 is 11.6 Å². The van der Waals surface area contributed by atoms with Crippen molar-refractivity contribution in [3.8, 4) is 5.88 Å². The van der Waals surface area contributed by atoms with Crippen LogP contribution in [-0.2, 0) is 4.79 Å². The molecule has 0 saturated carbocycles. The third-order valence-corrected chi connectivity index (χ3v) is 4.24. The van der Waals surface area contributed by atoms with Gasteiger partial charge in [-0.15, -0.1) is 0 Å². The Morgan fingerprint density at radius 1 is 1.36 bits per heavy atom. The molecule has 1 aliphatic rings. The minimum atomic E-state index is -0.555. The minimum Gasteiger partial charge on any atom is -0.473 e.